The Balaban J connectivity index is 1.80. The van der Waals surface area contributed by atoms with Gasteiger partial charge >= 0.3 is 0 Å². The molecule has 3 aromatic rings. The van der Waals surface area contributed by atoms with E-state index in [1.165, 1.54) is 18.2 Å². The van der Waals surface area contributed by atoms with Gasteiger partial charge in [-0.3, -0.25) is 14.5 Å². The summed E-state index contributed by atoms with van der Waals surface area (Å²) in [5, 5.41) is 15.5. The number of tetrazole rings is 1. The van der Waals surface area contributed by atoms with Crippen molar-refractivity contribution in [2.45, 2.75) is 39.8 Å². The minimum absolute atomic E-state index is 0.00653. The van der Waals surface area contributed by atoms with E-state index in [1.807, 2.05) is 13.8 Å². The molecule has 0 saturated carbocycles. The number of hydrogen-bond donors (Lipinski definition) is 1. The minimum atomic E-state index is -0.944. The van der Waals surface area contributed by atoms with Crippen LogP contribution in [-0.2, 0) is 16.1 Å². The molecule has 0 bridgehead atoms. The molecule has 2 amide bonds. The maximum atomic E-state index is 14.6. The number of carbonyl (C=O) groups excluding carboxylic acids is 2. The number of halogens is 2. The first-order valence-electron chi connectivity index (χ1n) is 10.6. The topological polar surface area (TPSA) is 93.0 Å². The molecule has 0 radical (unpaired) electrons. The van der Waals surface area contributed by atoms with Gasteiger partial charge in [-0.15, -0.1) is 10.2 Å². The van der Waals surface area contributed by atoms with Crippen molar-refractivity contribution in [3.63, 3.8) is 0 Å². The predicted molar refractivity (Wildman–Crippen MR) is 124 cm³/mol. The maximum absolute atomic E-state index is 14.6. The summed E-state index contributed by atoms with van der Waals surface area (Å²) in [4.78, 5) is 28.2. The highest BCUT2D eigenvalue weighted by molar-refractivity contribution is 6.30. The van der Waals surface area contributed by atoms with Crippen molar-refractivity contribution in [2.75, 3.05) is 11.4 Å². The average molecular weight is 473 g/mol. The Morgan fingerprint density at radius 2 is 1.82 bits per heavy atom. The number of amides is 2. The Morgan fingerprint density at radius 3 is 2.48 bits per heavy atom. The molecular formula is C23H26ClFN6O2. The van der Waals surface area contributed by atoms with Crippen molar-refractivity contribution in [3.8, 4) is 11.4 Å². The van der Waals surface area contributed by atoms with Crippen LogP contribution in [0.3, 0.4) is 0 Å². The van der Waals surface area contributed by atoms with Crippen LogP contribution in [0.1, 0.15) is 27.2 Å². The molecule has 0 aliphatic rings. The third-order valence-electron chi connectivity index (χ3n) is 5.00. The van der Waals surface area contributed by atoms with Crippen LogP contribution in [0.5, 0.6) is 0 Å². The van der Waals surface area contributed by atoms with Crippen LogP contribution in [0, 0.1) is 11.7 Å². The third kappa shape index (κ3) is 6.35. The Kier molecular flexibility index (Phi) is 8.11. The number of nitrogens with zero attached hydrogens (tertiary/aromatic N) is 5. The van der Waals surface area contributed by atoms with E-state index in [0.29, 0.717) is 28.9 Å². The van der Waals surface area contributed by atoms with Gasteiger partial charge in [0.15, 0.2) is 0 Å². The van der Waals surface area contributed by atoms with E-state index in [-0.39, 0.29) is 18.1 Å². The molecule has 3 rings (SSSR count). The molecule has 1 heterocycles. The van der Waals surface area contributed by atoms with Crippen molar-refractivity contribution < 1.29 is 14.0 Å². The fraction of sp³-hybridized carbons (Fsp3) is 0.348. The van der Waals surface area contributed by atoms with E-state index < -0.39 is 17.8 Å². The second-order valence-corrected chi connectivity index (χ2v) is 8.45. The normalized spacial score (nSPS) is 11.9. The van der Waals surface area contributed by atoms with E-state index in [9.17, 15) is 14.0 Å². The van der Waals surface area contributed by atoms with Gasteiger partial charge in [-0.1, -0.05) is 37.6 Å². The molecule has 2 aromatic carbocycles. The quantitative estimate of drug-likeness (QED) is 0.512. The number of hydrogen-bond acceptors (Lipinski definition) is 5. The summed E-state index contributed by atoms with van der Waals surface area (Å²) in [6, 6.07) is 11.7. The van der Waals surface area contributed by atoms with Crippen LogP contribution in [0.25, 0.3) is 11.4 Å². The lowest BCUT2D eigenvalue weighted by atomic mass is 10.1. The van der Waals surface area contributed by atoms with Gasteiger partial charge in [0.2, 0.25) is 11.7 Å². The SMILES string of the molecule is CC(C)CCNC(=O)C(C)N(C(=O)Cn1nnc(-c2ccc(Cl)cc2)n1)c1ccccc1F. The second-order valence-electron chi connectivity index (χ2n) is 8.02. The van der Waals surface area contributed by atoms with Gasteiger partial charge in [-0.2, -0.15) is 4.80 Å². The van der Waals surface area contributed by atoms with E-state index >= 15 is 0 Å². The molecular weight excluding hydrogens is 447 g/mol. The molecule has 8 nitrogen and oxygen atoms in total. The number of carbonyl (C=O) groups is 2. The number of nitrogens with one attached hydrogen (secondary N) is 1. The van der Waals surface area contributed by atoms with Gasteiger partial charge in [-0.05, 0) is 60.9 Å². The highest BCUT2D eigenvalue weighted by Crippen LogP contribution is 2.22. The van der Waals surface area contributed by atoms with Crippen LogP contribution < -0.4 is 10.2 Å². The minimum Gasteiger partial charge on any atom is -0.354 e. The van der Waals surface area contributed by atoms with Crippen molar-refractivity contribution in [1.29, 1.82) is 0 Å². The lowest BCUT2D eigenvalue weighted by Crippen LogP contribution is -2.50. The average Bonchev–Trinajstić information content (AvgIpc) is 3.23. The number of para-hydroxylation sites is 1. The summed E-state index contributed by atoms with van der Waals surface area (Å²) in [5.74, 6) is -0.803. The molecule has 1 aromatic heterocycles. The van der Waals surface area contributed by atoms with Gasteiger partial charge in [0.05, 0.1) is 5.69 Å². The molecule has 0 saturated heterocycles. The molecule has 1 unspecified atom stereocenters. The van der Waals surface area contributed by atoms with Crippen molar-refractivity contribution >= 4 is 29.1 Å². The van der Waals surface area contributed by atoms with E-state index in [0.717, 1.165) is 16.1 Å². The summed E-state index contributed by atoms with van der Waals surface area (Å²) in [5.41, 5.74) is 0.689. The summed E-state index contributed by atoms with van der Waals surface area (Å²) >= 11 is 5.91. The zero-order valence-corrected chi connectivity index (χ0v) is 19.5. The fourth-order valence-electron chi connectivity index (χ4n) is 3.18. The van der Waals surface area contributed by atoms with Crippen molar-refractivity contribution in [1.82, 2.24) is 25.5 Å². The molecule has 1 atom stereocenters. The highest BCUT2D eigenvalue weighted by Gasteiger charge is 2.30. The van der Waals surface area contributed by atoms with Gasteiger partial charge in [0.1, 0.15) is 18.4 Å². The van der Waals surface area contributed by atoms with E-state index in [1.54, 1.807) is 37.3 Å². The Bertz CT molecular complexity index is 1100. The molecule has 0 aliphatic heterocycles. The molecule has 0 aliphatic carbocycles. The molecule has 33 heavy (non-hydrogen) atoms. The summed E-state index contributed by atoms with van der Waals surface area (Å²) in [7, 11) is 0. The summed E-state index contributed by atoms with van der Waals surface area (Å²) < 4.78 is 14.6. The lowest BCUT2D eigenvalue weighted by Gasteiger charge is -2.28. The molecule has 0 fully saturated rings. The van der Waals surface area contributed by atoms with Crippen LogP contribution in [-0.4, -0.2) is 44.6 Å². The zero-order chi connectivity index (χ0) is 24.0. The summed E-state index contributed by atoms with van der Waals surface area (Å²) in [6.45, 7) is 5.80. The van der Waals surface area contributed by atoms with Crippen LogP contribution in [0.4, 0.5) is 10.1 Å². The first kappa shape index (κ1) is 24.3. The lowest BCUT2D eigenvalue weighted by molar-refractivity contribution is -0.126. The standard InChI is InChI=1S/C23H26ClFN6O2/c1-15(2)12-13-26-23(33)16(3)31(20-7-5-4-6-19(20)25)21(32)14-30-28-22(27-29-30)17-8-10-18(24)11-9-17/h4-11,15-16H,12-14H2,1-3H3,(H,26,33). The van der Waals surface area contributed by atoms with E-state index in [4.69, 9.17) is 11.6 Å². The van der Waals surface area contributed by atoms with Crippen LogP contribution in [0.15, 0.2) is 48.5 Å². The third-order valence-corrected chi connectivity index (χ3v) is 5.25. The Hall–Kier alpha value is -3.33. The number of aromatic nitrogens is 4. The van der Waals surface area contributed by atoms with E-state index in [2.05, 4.69) is 20.7 Å². The number of anilines is 1. The van der Waals surface area contributed by atoms with Gasteiger partial charge in [-0.25, -0.2) is 4.39 Å². The van der Waals surface area contributed by atoms with Gasteiger partial charge in [0, 0.05) is 17.1 Å². The zero-order valence-electron chi connectivity index (χ0n) is 18.7. The first-order valence-corrected chi connectivity index (χ1v) is 11.0. The first-order chi connectivity index (χ1) is 15.8. The number of rotatable bonds is 9. The van der Waals surface area contributed by atoms with Crippen LogP contribution >= 0.6 is 11.6 Å². The van der Waals surface area contributed by atoms with Crippen LogP contribution in [0.2, 0.25) is 5.02 Å². The Morgan fingerprint density at radius 1 is 1.12 bits per heavy atom. The summed E-state index contributed by atoms with van der Waals surface area (Å²) in [6.07, 6.45) is 0.794. The Labute approximate surface area is 196 Å². The smallest absolute Gasteiger partial charge is 0.251 e. The maximum Gasteiger partial charge on any atom is 0.251 e. The molecule has 1 N–H and O–H groups in total. The molecule has 10 heteroatoms. The van der Waals surface area contributed by atoms with Gasteiger partial charge < -0.3 is 5.32 Å². The molecule has 0 spiro atoms. The van der Waals surface area contributed by atoms with Crippen molar-refractivity contribution in [3.05, 3.63) is 59.4 Å². The monoisotopic (exact) mass is 472 g/mol. The fourth-order valence-corrected chi connectivity index (χ4v) is 3.30. The number of benzene rings is 2. The second kappa shape index (κ2) is 11.0. The van der Waals surface area contributed by atoms with Gasteiger partial charge in [0.25, 0.3) is 5.91 Å². The predicted octanol–water partition coefficient (Wildman–Crippen LogP) is 3.72. The largest absolute Gasteiger partial charge is 0.354 e. The highest BCUT2D eigenvalue weighted by atomic mass is 35.5. The van der Waals surface area contributed by atoms with Crippen molar-refractivity contribution in [2.24, 2.45) is 5.92 Å². The molecule has 174 valence electrons.